The van der Waals surface area contributed by atoms with Crippen LogP contribution in [0, 0.1) is 17.8 Å². The van der Waals surface area contributed by atoms with Crippen molar-refractivity contribution >= 4 is 17.2 Å². The van der Waals surface area contributed by atoms with Crippen LogP contribution in [0.15, 0.2) is 181 Å². The van der Waals surface area contributed by atoms with E-state index in [2.05, 4.69) is 153 Å². The molecule has 0 spiro atoms. The molecule has 0 bridgehead atoms. The van der Waals surface area contributed by atoms with E-state index >= 15 is 0 Å². The molecule has 42 heavy (non-hydrogen) atoms. The van der Waals surface area contributed by atoms with Crippen LogP contribution in [0.3, 0.4) is 0 Å². The lowest BCUT2D eigenvalue weighted by molar-refractivity contribution is 0.603. The summed E-state index contributed by atoms with van der Waals surface area (Å²) in [6.45, 7) is 8.13. The molecule has 0 saturated carbocycles. The van der Waals surface area contributed by atoms with Crippen molar-refractivity contribution in [2.24, 2.45) is 17.8 Å². The molecule has 0 amide bonds. The van der Waals surface area contributed by atoms with Crippen LogP contribution in [0.5, 0.6) is 0 Å². The van der Waals surface area contributed by atoms with Crippen molar-refractivity contribution in [2.75, 3.05) is 0 Å². The first-order chi connectivity index (χ1) is 20.8. The third-order valence-corrected chi connectivity index (χ3v) is 8.73. The lowest BCUT2D eigenvalue weighted by Crippen LogP contribution is -2.31. The zero-order valence-corrected chi connectivity index (χ0v) is 24.2. The Hall–Kier alpha value is -4.68. The molecule has 2 aromatic rings. The van der Waals surface area contributed by atoms with Gasteiger partial charge in [-0.3, -0.25) is 0 Å². The molecule has 4 aliphatic carbocycles. The van der Waals surface area contributed by atoms with Gasteiger partial charge in [-0.15, -0.1) is 0 Å². The fraction of sp³-hybridized carbons (Fsp3) is 0.143. The maximum atomic E-state index is 4.15. The second kappa shape index (κ2) is 12.9. The van der Waals surface area contributed by atoms with E-state index < -0.39 is 0 Å². The van der Waals surface area contributed by atoms with Crippen LogP contribution in [-0.4, -0.2) is 0 Å². The molecule has 0 nitrogen and oxygen atoms in total. The number of benzene rings is 2. The lowest BCUT2D eigenvalue weighted by Gasteiger charge is -2.34. The smallest absolute Gasteiger partial charge is 0.0128 e. The van der Waals surface area contributed by atoms with Gasteiger partial charge in [-0.25, -0.2) is 0 Å². The van der Waals surface area contributed by atoms with Gasteiger partial charge in [0.15, 0.2) is 0 Å². The standard InChI is InChI=1S/C42H38/c1-3-17-31(4-2)34-28-35(32-18-8-7-9-19-32)30-36(29-34)38-22-10-5-6-11-24-41(42-26-15-14-25-39(38)42)40-27-16-21-33-20-12-13-23-37(33)40/h3-15,17-26,28,30,34,39,42H,1-2,16,27,29H2. The average Bonchev–Trinajstić information content (AvgIpc) is 3.05. The van der Waals surface area contributed by atoms with Gasteiger partial charge in [-0.1, -0.05) is 165 Å². The molecule has 0 aliphatic heterocycles. The summed E-state index contributed by atoms with van der Waals surface area (Å²) in [6, 6.07) is 19.6. The predicted octanol–water partition coefficient (Wildman–Crippen LogP) is 9.08. The molecule has 4 aliphatic rings. The lowest BCUT2D eigenvalue weighted by atomic mass is 9.70. The summed E-state index contributed by atoms with van der Waals surface area (Å²) in [5, 5.41) is 2.73. The van der Waals surface area contributed by atoms with E-state index in [4.69, 9.17) is 0 Å². The third kappa shape index (κ3) is 5.71. The van der Waals surface area contributed by atoms with Crippen LogP contribution in [-0.2, 0) is 0 Å². The van der Waals surface area contributed by atoms with Gasteiger partial charge in [0.1, 0.15) is 0 Å². The topological polar surface area (TPSA) is 0 Å². The van der Waals surface area contributed by atoms with E-state index in [1.807, 2.05) is 12.2 Å². The SMILES string of the molecule is C=CC=C(C=C)C1C=C(c2ccccc2)C=C(C2=CC=CC=CC=C(C3=c4ccccc4=CCC3)C3C=CC=CC23)C1. The molecule has 0 heterocycles. The monoisotopic (exact) mass is 542 g/mol. The van der Waals surface area contributed by atoms with Crippen molar-refractivity contribution in [3.8, 4) is 0 Å². The quantitative estimate of drug-likeness (QED) is 0.319. The normalized spacial score (nSPS) is 23.4. The van der Waals surface area contributed by atoms with Gasteiger partial charge in [0, 0.05) is 17.8 Å². The van der Waals surface area contributed by atoms with Crippen LogP contribution >= 0.6 is 0 Å². The summed E-state index contributed by atoms with van der Waals surface area (Å²) < 4.78 is 0. The maximum Gasteiger partial charge on any atom is 0.0128 e. The molecular weight excluding hydrogens is 504 g/mol. The highest BCUT2D eigenvalue weighted by Crippen LogP contribution is 2.44. The fourth-order valence-corrected chi connectivity index (χ4v) is 6.76. The molecule has 2 aromatic carbocycles. The van der Waals surface area contributed by atoms with Gasteiger partial charge in [0.25, 0.3) is 0 Å². The molecule has 3 unspecified atom stereocenters. The third-order valence-electron chi connectivity index (χ3n) is 8.73. The highest BCUT2D eigenvalue weighted by atomic mass is 14.3. The van der Waals surface area contributed by atoms with Crippen LogP contribution in [0.25, 0.3) is 17.2 Å². The first-order valence-electron chi connectivity index (χ1n) is 15.1. The predicted molar refractivity (Wildman–Crippen MR) is 182 cm³/mol. The number of hydrogen-bond donors (Lipinski definition) is 0. The summed E-state index contributed by atoms with van der Waals surface area (Å²) >= 11 is 0. The van der Waals surface area contributed by atoms with Crippen LogP contribution in [0.2, 0.25) is 0 Å². The minimum Gasteiger partial charge on any atom is -0.0991 e. The molecule has 0 N–H and O–H groups in total. The van der Waals surface area contributed by atoms with E-state index in [1.54, 1.807) is 0 Å². The Bertz CT molecular complexity index is 1770. The first-order valence-corrected chi connectivity index (χ1v) is 15.1. The molecular formula is C42H38. The van der Waals surface area contributed by atoms with E-state index in [0.717, 1.165) is 19.3 Å². The summed E-state index contributed by atoms with van der Waals surface area (Å²) in [7, 11) is 0. The Morgan fingerprint density at radius 3 is 2.24 bits per heavy atom. The summed E-state index contributed by atoms with van der Waals surface area (Å²) in [6.07, 6.45) is 39.0. The van der Waals surface area contributed by atoms with E-state index in [9.17, 15) is 0 Å². The van der Waals surface area contributed by atoms with Crippen molar-refractivity contribution < 1.29 is 0 Å². The maximum absolute atomic E-state index is 4.15. The molecule has 0 radical (unpaired) electrons. The van der Waals surface area contributed by atoms with Crippen molar-refractivity contribution in [1.29, 1.82) is 0 Å². The first kappa shape index (κ1) is 27.5. The Morgan fingerprint density at radius 2 is 1.48 bits per heavy atom. The molecule has 0 fully saturated rings. The fourth-order valence-electron chi connectivity index (χ4n) is 6.76. The molecule has 206 valence electrons. The van der Waals surface area contributed by atoms with Crippen LogP contribution < -0.4 is 10.4 Å². The second-order valence-electron chi connectivity index (χ2n) is 11.2. The minimum atomic E-state index is 0.223. The number of allylic oxidation sites excluding steroid dienone is 20. The van der Waals surface area contributed by atoms with Gasteiger partial charge in [-0.05, 0) is 68.7 Å². The van der Waals surface area contributed by atoms with Crippen LogP contribution in [0.4, 0.5) is 0 Å². The largest absolute Gasteiger partial charge is 0.0991 e. The van der Waals surface area contributed by atoms with Gasteiger partial charge in [0.2, 0.25) is 0 Å². The Labute approximate surface area is 250 Å². The highest BCUT2D eigenvalue weighted by molar-refractivity contribution is 5.78. The Morgan fingerprint density at radius 1 is 0.762 bits per heavy atom. The number of fused-ring (bicyclic) bond motifs is 2. The second-order valence-corrected chi connectivity index (χ2v) is 11.2. The average molecular weight is 543 g/mol. The van der Waals surface area contributed by atoms with Gasteiger partial charge in [-0.2, -0.15) is 0 Å². The van der Waals surface area contributed by atoms with E-state index in [-0.39, 0.29) is 17.8 Å². The van der Waals surface area contributed by atoms with E-state index in [1.165, 1.54) is 49.4 Å². The van der Waals surface area contributed by atoms with Crippen molar-refractivity contribution in [1.82, 2.24) is 0 Å². The molecule has 3 atom stereocenters. The Kier molecular flexibility index (Phi) is 8.43. The number of rotatable bonds is 6. The van der Waals surface area contributed by atoms with Gasteiger partial charge < -0.3 is 0 Å². The van der Waals surface area contributed by atoms with E-state index in [0.29, 0.717) is 0 Å². The van der Waals surface area contributed by atoms with Gasteiger partial charge >= 0.3 is 0 Å². The van der Waals surface area contributed by atoms with Crippen LogP contribution in [0.1, 0.15) is 24.8 Å². The molecule has 0 heteroatoms. The zero-order valence-electron chi connectivity index (χ0n) is 24.2. The summed E-state index contributed by atoms with van der Waals surface area (Å²) in [5.74, 6) is 0.690. The molecule has 0 aromatic heterocycles. The van der Waals surface area contributed by atoms with Gasteiger partial charge in [0.05, 0.1) is 0 Å². The zero-order chi connectivity index (χ0) is 28.7. The molecule has 0 saturated heterocycles. The van der Waals surface area contributed by atoms with Crippen molar-refractivity contribution in [3.05, 3.63) is 197 Å². The minimum absolute atomic E-state index is 0.223. The Balaban J connectivity index is 1.50. The summed E-state index contributed by atoms with van der Waals surface area (Å²) in [4.78, 5) is 0. The summed E-state index contributed by atoms with van der Waals surface area (Å²) in [5.41, 5.74) is 9.34. The van der Waals surface area contributed by atoms with Crippen molar-refractivity contribution in [3.63, 3.8) is 0 Å². The molecule has 6 rings (SSSR count). The number of hydrogen-bond acceptors (Lipinski definition) is 0. The highest BCUT2D eigenvalue weighted by Gasteiger charge is 2.31. The van der Waals surface area contributed by atoms with Crippen molar-refractivity contribution in [2.45, 2.75) is 19.3 Å².